The summed E-state index contributed by atoms with van der Waals surface area (Å²) >= 11 is 0. The lowest BCUT2D eigenvalue weighted by Gasteiger charge is -2.11. The number of para-hydroxylation sites is 1. The number of ether oxygens (including phenoxy) is 2. The molecule has 0 unspecified atom stereocenters. The molecule has 0 fully saturated rings. The lowest BCUT2D eigenvalue weighted by Crippen LogP contribution is -2.01. The van der Waals surface area contributed by atoms with Crippen LogP contribution in [-0.2, 0) is 0 Å². The van der Waals surface area contributed by atoms with Gasteiger partial charge in [-0.05, 0) is 49.2 Å². The largest absolute Gasteiger partial charge is 0.493 e. The second-order valence-electron chi connectivity index (χ2n) is 6.83. The van der Waals surface area contributed by atoms with E-state index >= 15 is 0 Å². The summed E-state index contributed by atoms with van der Waals surface area (Å²) in [6.45, 7) is 8.10. The zero-order valence-corrected chi connectivity index (χ0v) is 16.0. The first-order valence-corrected chi connectivity index (χ1v) is 8.89. The Kier molecular flexibility index (Phi) is 4.43. The van der Waals surface area contributed by atoms with Gasteiger partial charge in [0.1, 0.15) is 23.7 Å². The molecule has 4 rings (SSSR count). The van der Waals surface area contributed by atoms with E-state index in [1.807, 2.05) is 44.2 Å². The lowest BCUT2D eigenvalue weighted by atomic mass is 10.0. The van der Waals surface area contributed by atoms with E-state index in [0.717, 1.165) is 21.9 Å². The summed E-state index contributed by atoms with van der Waals surface area (Å²) in [6, 6.07) is 12.7. The van der Waals surface area contributed by atoms with Crippen molar-refractivity contribution >= 4 is 21.9 Å². The molecule has 0 aliphatic rings. The van der Waals surface area contributed by atoms with E-state index in [2.05, 4.69) is 6.58 Å². The van der Waals surface area contributed by atoms with E-state index in [-0.39, 0.29) is 0 Å². The number of aryl methyl sites for hydroxylation is 1. The van der Waals surface area contributed by atoms with Gasteiger partial charge < -0.3 is 18.3 Å². The number of hydrogen-bond donors (Lipinski definition) is 0. The van der Waals surface area contributed by atoms with Gasteiger partial charge in [0.15, 0.2) is 11.3 Å². The molecule has 0 atom stereocenters. The Labute approximate surface area is 161 Å². The van der Waals surface area contributed by atoms with E-state index in [1.54, 1.807) is 13.2 Å². The highest BCUT2D eigenvalue weighted by Gasteiger charge is 2.16. The van der Waals surface area contributed by atoms with Gasteiger partial charge in [-0.1, -0.05) is 18.7 Å². The first-order chi connectivity index (χ1) is 13.5. The fourth-order valence-corrected chi connectivity index (χ4v) is 3.18. The van der Waals surface area contributed by atoms with Gasteiger partial charge in [0.2, 0.25) is 0 Å². The molecule has 0 bridgehead atoms. The first-order valence-electron chi connectivity index (χ1n) is 8.89. The number of benzene rings is 2. The molecule has 0 spiro atoms. The minimum absolute atomic E-state index is 0.417. The zero-order valence-electron chi connectivity index (χ0n) is 16.0. The van der Waals surface area contributed by atoms with Crippen LogP contribution in [0, 0.1) is 6.92 Å². The molecule has 2 aromatic carbocycles. The fraction of sp³-hybridized carbons (Fsp3) is 0.174. The summed E-state index contributed by atoms with van der Waals surface area (Å²) in [5.74, 6) is 1.91. The van der Waals surface area contributed by atoms with Gasteiger partial charge in [0.05, 0.1) is 7.11 Å². The summed E-state index contributed by atoms with van der Waals surface area (Å²) in [6.07, 6.45) is 0. The normalized spacial score (nSPS) is 11.1. The first kappa shape index (κ1) is 17.9. The van der Waals surface area contributed by atoms with Crippen LogP contribution >= 0.6 is 0 Å². The van der Waals surface area contributed by atoms with Crippen molar-refractivity contribution in [2.75, 3.05) is 13.7 Å². The van der Waals surface area contributed by atoms with Gasteiger partial charge in [-0.15, -0.1) is 0 Å². The highest BCUT2D eigenvalue weighted by atomic mass is 16.5. The Morgan fingerprint density at radius 2 is 1.93 bits per heavy atom. The SMILES string of the molecule is C=C(C)COc1cc2c(-c3cc4cccc(OC)c4o3)cc(=O)oc2cc1C. The van der Waals surface area contributed by atoms with Crippen molar-refractivity contribution in [3.63, 3.8) is 0 Å². The standard InChI is InChI=1S/C23H20O5/c1-13(2)12-26-19-10-16-17(11-22(24)27-20(16)8-14(19)3)21-9-15-6-5-7-18(25-4)23(15)28-21/h5-11H,1,12H2,2-4H3. The highest BCUT2D eigenvalue weighted by molar-refractivity contribution is 5.96. The van der Waals surface area contributed by atoms with Crippen LogP contribution in [0.4, 0.5) is 0 Å². The van der Waals surface area contributed by atoms with Crippen molar-refractivity contribution in [3.8, 4) is 22.8 Å². The number of furan rings is 1. The number of methoxy groups -OCH3 is 1. The summed E-state index contributed by atoms with van der Waals surface area (Å²) in [5.41, 5.74) is 3.11. The molecule has 0 saturated heterocycles. The van der Waals surface area contributed by atoms with Gasteiger partial charge >= 0.3 is 5.63 Å². The summed E-state index contributed by atoms with van der Waals surface area (Å²) in [4.78, 5) is 12.2. The van der Waals surface area contributed by atoms with Crippen molar-refractivity contribution in [1.29, 1.82) is 0 Å². The molecule has 28 heavy (non-hydrogen) atoms. The van der Waals surface area contributed by atoms with E-state index in [0.29, 0.717) is 40.6 Å². The molecule has 0 radical (unpaired) electrons. The molecule has 142 valence electrons. The number of hydrogen-bond acceptors (Lipinski definition) is 5. The third-order valence-corrected chi connectivity index (χ3v) is 4.51. The Morgan fingerprint density at radius 3 is 2.68 bits per heavy atom. The van der Waals surface area contributed by atoms with E-state index < -0.39 is 5.63 Å². The van der Waals surface area contributed by atoms with Crippen molar-refractivity contribution in [1.82, 2.24) is 0 Å². The maximum Gasteiger partial charge on any atom is 0.336 e. The Morgan fingerprint density at radius 1 is 1.11 bits per heavy atom. The van der Waals surface area contributed by atoms with Crippen LogP contribution in [0.15, 0.2) is 68.2 Å². The Bertz CT molecular complexity index is 1260. The third kappa shape index (κ3) is 3.16. The van der Waals surface area contributed by atoms with Crippen molar-refractivity contribution in [3.05, 3.63) is 70.6 Å². The van der Waals surface area contributed by atoms with E-state index in [9.17, 15) is 4.79 Å². The molecule has 0 saturated carbocycles. The van der Waals surface area contributed by atoms with Gasteiger partial charge in [-0.3, -0.25) is 0 Å². The second-order valence-corrected chi connectivity index (χ2v) is 6.83. The smallest absolute Gasteiger partial charge is 0.336 e. The minimum atomic E-state index is -0.440. The van der Waals surface area contributed by atoms with Crippen LogP contribution in [0.3, 0.4) is 0 Å². The Hall–Kier alpha value is -3.47. The molecule has 5 nitrogen and oxygen atoms in total. The molecule has 2 aromatic heterocycles. The second kappa shape index (κ2) is 6.93. The highest BCUT2D eigenvalue weighted by Crippen LogP contribution is 2.37. The van der Waals surface area contributed by atoms with Crippen LogP contribution < -0.4 is 15.1 Å². The molecule has 4 aromatic rings. The maximum atomic E-state index is 12.2. The van der Waals surface area contributed by atoms with Crippen molar-refractivity contribution < 1.29 is 18.3 Å². The van der Waals surface area contributed by atoms with Gasteiger partial charge in [-0.25, -0.2) is 4.79 Å². The predicted octanol–water partition coefficient (Wildman–Crippen LogP) is 5.48. The summed E-state index contributed by atoms with van der Waals surface area (Å²) < 4.78 is 22.7. The monoisotopic (exact) mass is 376 g/mol. The average molecular weight is 376 g/mol. The predicted molar refractivity (Wildman–Crippen MR) is 109 cm³/mol. The quantitative estimate of drug-likeness (QED) is 0.341. The number of rotatable bonds is 5. The molecular weight excluding hydrogens is 356 g/mol. The molecule has 0 aliphatic carbocycles. The number of fused-ring (bicyclic) bond motifs is 2. The zero-order chi connectivity index (χ0) is 19.8. The van der Waals surface area contributed by atoms with Crippen LogP contribution in [-0.4, -0.2) is 13.7 Å². The summed E-state index contributed by atoms with van der Waals surface area (Å²) in [5, 5.41) is 1.63. The van der Waals surface area contributed by atoms with Gasteiger partial charge in [-0.2, -0.15) is 0 Å². The van der Waals surface area contributed by atoms with Crippen LogP contribution in [0.5, 0.6) is 11.5 Å². The topological polar surface area (TPSA) is 61.8 Å². The van der Waals surface area contributed by atoms with Crippen LogP contribution in [0.2, 0.25) is 0 Å². The van der Waals surface area contributed by atoms with Gasteiger partial charge in [0, 0.05) is 22.4 Å². The van der Waals surface area contributed by atoms with E-state index in [4.69, 9.17) is 18.3 Å². The molecule has 5 heteroatoms. The molecule has 0 amide bonds. The van der Waals surface area contributed by atoms with Crippen LogP contribution in [0.1, 0.15) is 12.5 Å². The van der Waals surface area contributed by atoms with E-state index in [1.165, 1.54) is 6.07 Å². The average Bonchev–Trinajstić information content (AvgIpc) is 3.09. The lowest BCUT2D eigenvalue weighted by molar-refractivity contribution is 0.350. The summed E-state index contributed by atoms with van der Waals surface area (Å²) in [7, 11) is 1.59. The molecule has 0 aliphatic heterocycles. The maximum absolute atomic E-state index is 12.2. The Balaban J connectivity index is 1.94. The third-order valence-electron chi connectivity index (χ3n) is 4.51. The van der Waals surface area contributed by atoms with Crippen LogP contribution in [0.25, 0.3) is 33.3 Å². The van der Waals surface area contributed by atoms with Gasteiger partial charge in [0.25, 0.3) is 0 Å². The van der Waals surface area contributed by atoms with Crippen molar-refractivity contribution in [2.24, 2.45) is 0 Å². The molecule has 2 heterocycles. The fourth-order valence-electron chi connectivity index (χ4n) is 3.18. The van der Waals surface area contributed by atoms with Crippen molar-refractivity contribution in [2.45, 2.75) is 13.8 Å². The molecular formula is C23H20O5. The minimum Gasteiger partial charge on any atom is -0.493 e. The molecule has 0 N–H and O–H groups in total.